The average molecular weight is 343 g/mol. The van der Waals surface area contributed by atoms with Gasteiger partial charge in [-0.1, -0.05) is 19.0 Å². The summed E-state index contributed by atoms with van der Waals surface area (Å²) in [5, 5.41) is 4.01. The lowest BCUT2D eigenvalue weighted by molar-refractivity contribution is 0.0769. The number of carbonyl (C=O) groups excluding carboxylic acids is 1. The highest BCUT2D eigenvalue weighted by Crippen LogP contribution is 2.21. The molecule has 134 valence electrons. The second kappa shape index (κ2) is 6.86. The minimum Gasteiger partial charge on any atom is -0.359 e. The third kappa shape index (κ3) is 3.38. The SMILES string of the molecule is CC(C)c1cc(CN(C)C(=O)c2cc3c(n(C)c2=O)CCCC3)on1. The summed E-state index contributed by atoms with van der Waals surface area (Å²) in [5.41, 5.74) is 3.05. The van der Waals surface area contributed by atoms with Crippen molar-refractivity contribution in [3.63, 3.8) is 0 Å². The molecule has 0 radical (unpaired) electrons. The second-order valence-electron chi connectivity index (χ2n) is 7.14. The van der Waals surface area contributed by atoms with E-state index in [1.807, 2.05) is 19.9 Å². The number of fused-ring (bicyclic) bond motifs is 1. The van der Waals surface area contributed by atoms with Crippen molar-refractivity contribution in [3.05, 3.63) is 50.8 Å². The monoisotopic (exact) mass is 343 g/mol. The fourth-order valence-electron chi connectivity index (χ4n) is 3.33. The minimum atomic E-state index is -0.281. The zero-order chi connectivity index (χ0) is 18.1. The van der Waals surface area contributed by atoms with Crippen molar-refractivity contribution in [2.45, 2.75) is 52.0 Å². The molecule has 0 fully saturated rings. The van der Waals surface area contributed by atoms with E-state index in [0.717, 1.165) is 42.6 Å². The van der Waals surface area contributed by atoms with Crippen molar-refractivity contribution < 1.29 is 9.32 Å². The third-order valence-electron chi connectivity index (χ3n) is 4.88. The van der Waals surface area contributed by atoms with Crippen molar-refractivity contribution in [1.29, 1.82) is 0 Å². The van der Waals surface area contributed by atoms with Crippen LogP contribution in [0.2, 0.25) is 0 Å². The lowest BCUT2D eigenvalue weighted by atomic mass is 9.94. The molecular weight excluding hydrogens is 318 g/mol. The van der Waals surface area contributed by atoms with E-state index < -0.39 is 0 Å². The standard InChI is InChI=1S/C19H25N3O3/c1-12(2)16-10-14(25-20-16)11-21(3)18(23)15-9-13-7-5-6-8-17(13)22(4)19(15)24/h9-10,12H,5-8,11H2,1-4H3. The van der Waals surface area contributed by atoms with E-state index in [9.17, 15) is 9.59 Å². The number of carbonyl (C=O) groups is 1. The molecule has 25 heavy (non-hydrogen) atoms. The fourth-order valence-corrected chi connectivity index (χ4v) is 3.33. The van der Waals surface area contributed by atoms with Gasteiger partial charge in [-0.2, -0.15) is 0 Å². The third-order valence-corrected chi connectivity index (χ3v) is 4.88. The van der Waals surface area contributed by atoms with Gasteiger partial charge >= 0.3 is 0 Å². The summed E-state index contributed by atoms with van der Waals surface area (Å²) in [4.78, 5) is 26.9. The number of hydrogen-bond donors (Lipinski definition) is 0. The summed E-state index contributed by atoms with van der Waals surface area (Å²) in [6.45, 7) is 4.36. The number of nitrogens with zero attached hydrogens (tertiary/aromatic N) is 3. The van der Waals surface area contributed by atoms with Gasteiger partial charge in [-0.15, -0.1) is 0 Å². The molecule has 0 unspecified atom stereocenters. The number of aromatic nitrogens is 2. The number of aryl methyl sites for hydroxylation is 1. The predicted octanol–water partition coefficient (Wildman–Crippen LogP) is 2.65. The van der Waals surface area contributed by atoms with Crippen LogP contribution in [0.1, 0.15) is 65.7 Å². The average Bonchev–Trinajstić information content (AvgIpc) is 3.06. The molecule has 6 nitrogen and oxygen atoms in total. The van der Waals surface area contributed by atoms with Crippen molar-refractivity contribution in [2.75, 3.05) is 7.05 Å². The highest BCUT2D eigenvalue weighted by atomic mass is 16.5. The van der Waals surface area contributed by atoms with Gasteiger partial charge in [-0.25, -0.2) is 0 Å². The van der Waals surface area contributed by atoms with Crippen LogP contribution in [0, 0.1) is 0 Å². The Morgan fingerprint density at radius 1 is 1.32 bits per heavy atom. The van der Waals surface area contributed by atoms with Crippen molar-refractivity contribution in [2.24, 2.45) is 7.05 Å². The van der Waals surface area contributed by atoms with E-state index in [4.69, 9.17) is 4.52 Å². The molecule has 0 N–H and O–H groups in total. The van der Waals surface area contributed by atoms with Crippen molar-refractivity contribution >= 4 is 5.91 Å². The molecule has 1 aliphatic rings. The number of amides is 1. The number of hydrogen-bond acceptors (Lipinski definition) is 4. The Kier molecular flexibility index (Phi) is 4.79. The van der Waals surface area contributed by atoms with Crippen LogP contribution >= 0.6 is 0 Å². The Morgan fingerprint density at radius 3 is 2.72 bits per heavy atom. The van der Waals surface area contributed by atoms with Gasteiger partial charge in [0, 0.05) is 25.9 Å². The van der Waals surface area contributed by atoms with Gasteiger partial charge in [-0.3, -0.25) is 9.59 Å². The lowest BCUT2D eigenvalue weighted by Gasteiger charge is -2.21. The van der Waals surface area contributed by atoms with E-state index >= 15 is 0 Å². The first-order valence-corrected chi connectivity index (χ1v) is 8.81. The first-order valence-electron chi connectivity index (χ1n) is 8.81. The molecule has 1 amide bonds. The quantitative estimate of drug-likeness (QED) is 0.856. The maximum absolute atomic E-state index is 12.8. The second-order valence-corrected chi connectivity index (χ2v) is 7.14. The molecule has 0 aliphatic heterocycles. The van der Waals surface area contributed by atoms with Gasteiger partial charge in [0.05, 0.1) is 12.2 Å². The summed E-state index contributed by atoms with van der Waals surface area (Å²) in [6.07, 6.45) is 4.02. The molecule has 0 bridgehead atoms. The first kappa shape index (κ1) is 17.5. The summed E-state index contributed by atoms with van der Waals surface area (Å²) < 4.78 is 6.94. The predicted molar refractivity (Wildman–Crippen MR) is 94.7 cm³/mol. The van der Waals surface area contributed by atoms with Crippen molar-refractivity contribution in [1.82, 2.24) is 14.6 Å². The van der Waals surface area contributed by atoms with E-state index in [2.05, 4.69) is 5.16 Å². The minimum absolute atomic E-state index is 0.224. The molecule has 3 rings (SSSR count). The Morgan fingerprint density at radius 2 is 2.04 bits per heavy atom. The van der Waals surface area contributed by atoms with E-state index in [1.165, 1.54) is 4.90 Å². The fraction of sp³-hybridized carbons (Fsp3) is 0.526. The van der Waals surface area contributed by atoms with Crippen LogP contribution in [0.15, 0.2) is 21.5 Å². The van der Waals surface area contributed by atoms with E-state index in [-0.39, 0.29) is 22.9 Å². The summed E-state index contributed by atoms with van der Waals surface area (Å²) in [5.74, 6) is 0.609. The Hall–Kier alpha value is -2.37. The van der Waals surface area contributed by atoms with Crippen LogP contribution in [0.4, 0.5) is 0 Å². The van der Waals surface area contributed by atoms with Gasteiger partial charge in [0.15, 0.2) is 5.76 Å². The van der Waals surface area contributed by atoms with Gasteiger partial charge in [0.2, 0.25) is 0 Å². The molecule has 0 aromatic carbocycles. The highest BCUT2D eigenvalue weighted by molar-refractivity contribution is 5.93. The molecule has 0 saturated carbocycles. The lowest BCUT2D eigenvalue weighted by Crippen LogP contribution is -2.35. The van der Waals surface area contributed by atoms with E-state index in [1.54, 1.807) is 24.7 Å². The molecule has 2 aromatic heterocycles. The highest BCUT2D eigenvalue weighted by Gasteiger charge is 2.22. The largest absolute Gasteiger partial charge is 0.359 e. The molecule has 2 aromatic rings. The van der Waals surface area contributed by atoms with Crippen molar-refractivity contribution in [3.8, 4) is 0 Å². The summed E-state index contributed by atoms with van der Waals surface area (Å²) in [7, 11) is 3.44. The zero-order valence-corrected chi connectivity index (χ0v) is 15.3. The molecule has 6 heteroatoms. The van der Waals surface area contributed by atoms with Crippen LogP contribution < -0.4 is 5.56 Å². The molecule has 0 atom stereocenters. The van der Waals surface area contributed by atoms with Gasteiger partial charge in [0.1, 0.15) is 5.56 Å². The first-order chi connectivity index (χ1) is 11.9. The number of rotatable bonds is 4. The smallest absolute Gasteiger partial charge is 0.263 e. The zero-order valence-electron chi connectivity index (χ0n) is 15.3. The Labute approximate surface area is 147 Å². The molecule has 2 heterocycles. The molecule has 1 aliphatic carbocycles. The Bertz CT molecular complexity index is 848. The van der Waals surface area contributed by atoms with Crippen LogP contribution in [-0.4, -0.2) is 27.6 Å². The Balaban J connectivity index is 1.84. The summed E-state index contributed by atoms with van der Waals surface area (Å²) in [6, 6.07) is 3.65. The van der Waals surface area contributed by atoms with Crippen LogP contribution in [0.5, 0.6) is 0 Å². The molecular formula is C19H25N3O3. The van der Waals surface area contributed by atoms with Gasteiger partial charge in [0.25, 0.3) is 11.5 Å². The normalized spacial score (nSPS) is 13.8. The molecule has 0 spiro atoms. The van der Waals surface area contributed by atoms with Gasteiger partial charge in [-0.05, 0) is 43.2 Å². The maximum Gasteiger partial charge on any atom is 0.263 e. The molecule has 0 saturated heterocycles. The van der Waals surface area contributed by atoms with E-state index in [0.29, 0.717) is 12.3 Å². The topological polar surface area (TPSA) is 68.3 Å². The van der Waals surface area contributed by atoms with Crippen LogP contribution in [0.25, 0.3) is 0 Å². The summed E-state index contributed by atoms with van der Waals surface area (Å²) >= 11 is 0. The number of pyridine rings is 1. The van der Waals surface area contributed by atoms with Crippen LogP contribution in [-0.2, 0) is 26.4 Å². The van der Waals surface area contributed by atoms with Crippen LogP contribution in [0.3, 0.4) is 0 Å². The maximum atomic E-state index is 12.8. The van der Waals surface area contributed by atoms with Gasteiger partial charge < -0.3 is 14.0 Å².